The summed E-state index contributed by atoms with van der Waals surface area (Å²) in [5, 5.41) is 2.46. The molecule has 1 aromatic rings. The van der Waals surface area contributed by atoms with E-state index >= 15 is 0 Å². The minimum Gasteiger partial charge on any atom is -0.368 e. The molecule has 0 atom stereocenters. The van der Waals surface area contributed by atoms with Crippen molar-refractivity contribution >= 4 is 35.8 Å². The first kappa shape index (κ1) is 22.1. The van der Waals surface area contributed by atoms with E-state index in [0.717, 1.165) is 54.4 Å². The van der Waals surface area contributed by atoms with Gasteiger partial charge in [-0.25, -0.2) is 5.01 Å². The number of imide groups is 1. The summed E-state index contributed by atoms with van der Waals surface area (Å²) in [6.45, 7) is 1.29. The molecule has 5 rings (SSSR count). The molecule has 2 aliphatic carbocycles. The summed E-state index contributed by atoms with van der Waals surface area (Å²) in [5.41, 5.74) is 8.80. The number of fused-ring (bicyclic) bond motifs is 1. The van der Waals surface area contributed by atoms with Crippen LogP contribution in [0.4, 0.5) is 5.69 Å². The highest BCUT2D eigenvalue weighted by atomic mass is 35.5. The molecule has 3 fully saturated rings. The van der Waals surface area contributed by atoms with E-state index in [1.54, 1.807) is 0 Å². The maximum Gasteiger partial charge on any atom is 0.273 e. The Bertz CT molecular complexity index is 864. The number of piperidine rings is 1. The molecule has 2 heterocycles. The van der Waals surface area contributed by atoms with Crippen LogP contribution in [0.1, 0.15) is 73.7 Å². The van der Waals surface area contributed by atoms with Gasteiger partial charge >= 0.3 is 0 Å². The minimum absolute atomic E-state index is 0. The van der Waals surface area contributed by atoms with Crippen LogP contribution in [-0.2, 0) is 16.1 Å². The Labute approximate surface area is 189 Å². The normalized spacial score (nSPS) is 26.0. The fourth-order valence-corrected chi connectivity index (χ4v) is 5.18. The Morgan fingerprint density at radius 1 is 0.968 bits per heavy atom. The smallest absolute Gasteiger partial charge is 0.273 e. The van der Waals surface area contributed by atoms with Crippen molar-refractivity contribution in [3.05, 3.63) is 29.3 Å². The highest BCUT2D eigenvalue weighted by Crippen LogP contribution is 2.39. The molecule has 31 heavy (non-hydrogen) atoms. The van der Waals surface area contributed by atoms with Gasteiger partial charge in [0.2, 0.25) is 11.8 Å². The largest absolute Gasteiger partial charge is 0.368 e. The Morgan fingerprint density at radius 3 is 2.29 bits per heavy atom. The van der Waals surface area contributed by atoms with E-state index < -0.39 is 0 Å². The van der Waals surface area contributed by atoms with Gasteiger partial charge in [0.25, 0.3) is 5.91 Å². The second kappa shape index (κ2) is 8.79. The summed E-state index contributed by atoms with van der Waals surface area (Å²) in [7, 11) is 0. The second-order valence-electron chi connectivity index (χ2n) is 9.28. The van der Waals surface area contributed by atoms with Gasteiger partial charge in [0, 0.05) is 48.3 Å². The average Bonchev–Trinajstić information content (AvgIpc) is 3.50. The van der Waals surface area contributed by atoms with Crippen molar-refractivity contribution < 1.29 is 14.4 Å². The Morgan fingerprint density at radius 2 is 1.65 bits per heavy atom. The van der Waals surface area contributed by atoms with E-state index in [0.29, 0.717) is 36.9 Å². The third kappa shape index (κ3) is 4.17. The van der Waals surface area contributed by atoms with Crippen LogP contribution in [0.2, 0.25) is 0 Å². The molecule has 1 aromatic carbocycles. The summed E-state index contributed by atoms with van der Waals surface area (Å²) in [6, 6.07) is 6.58. The lowest BCUT2D eigenvalue weighted by molar-refractivity contribution is -0.163. The predicted octanol–water partition coefficient (Wildman–Crippen LogP) is 3.00. The highest BCUT2D eigenvalue weighted by molar-refractivity contribution is 6.05. The molecule has 0 aromatic heterocycles. The Hall–Kier alpha value is -2.12. The summed E-state index contributed by atoms with van der Waals surface area (Å²) in [4.78, 5) is 40.5. The van der Waals surface area contributed by atoms with E-state index in [2.05, 4.69) is 11.0 Å². The molecule has 2 aliphatic heterocycles. The zero-order valence-electron chi connectivity index (χ0n) is 17.8. The van der Waals surface area contributed by atoms with Gasteiger partial charge in [-0.2, -0.15) is 5.01 Å². The van der Waals surface area contributed by atoms with Gasteiger partial charge in [0.15, 0.2) is 0 Å². The minimum atomic E-state index is -0.273. The number of hydrogen-bond acceptors (Lipinski definition) is 5. The molecular formula is C23H31ClN4O3. The number of anilines is 1. The standard InChI is InChI=1S/C23H30N4O3.ClH/c24-16-9-11-17(12-10-16)25(13-15-7-8-15)20-4-1-3-18-19(20)14-26(23(18)30)27-21(28)5-2-6-22(27)29;/h1,3-4,15-17H,2,5-14,24H2;1H. The fraction of sp³-hybridized carbons (Fsp3) is 0.609. The van der Waals surface area contributed by atoms with Crippen molar-refractivity contribution in [3.8, 4) is 0 Å². The summed E-state index contributed by atoms with van der Waals surface area (Å²) in [6.07, 6.45) is 7.91. The number of halogens is 1. The lowest BCUT2D eigenvalue weighted by Gasteiger charge is -2.39. The molecular weight excluding hydrogens is 416 g/mol. The number of rotatable bonds is 5. The van der Waals surface area contributed by atoms with Crippen LogP contribution in [0.5, 0.6) is 0 Å². The third-order valence-corrected chi connectivity index (χ3v) is 7.06. The highest BCUT2D eigenvalue weighted by Gasteiger charge is 2.41. The van der Waals surface area contributed by atoms with Crippen LogP contribution < -0.4 is 10.6 Å². The molecule has 4 aliphatic rings. The lowest BCUT2D eigenvalue weighted by atomic mass is 9.89. The molecule has 2 N–H and O–H groups in total. The number of nitrogens with zero attached hydrogens (tertiary/aromatic N) is 3. The Kier molecular flexibility index (Phi) is 6.26. The monoisotopic (exact) mass is 446 g/mol. The van der Waals surface area contributed by atoms with Crippen LogP contribution in [0, 0.1) is 5.92 Å². The zero-order chi connectivity index (χ0) is 20.8. The molecule has 3 amide bonds. The van der Waals surface area contributed by atoms with E-state index in [1.165, 1.54) is 17.9 Å². The second-order valence-corrected chi connectivity index (χ2v) is 9.28. The zero-order valence-corrected chi connectivity index (χ0v) is 18.6. The number of carbonyl (C=O) groups excluding carboxylic acids is 3. The van der Waals surface area contributed by atoms with Crippen molar-refractivity contribution in [2.24, 2.45) is 11.7 Å². The third-order valence-electron chi connectivity index (χ3n) is 7.06. The molecule has 0 radical (unpaired) electrons. The quantitative estimate of drug-likeness (QED) is 0.702. The maximum absolute atomic E-state index is 13.2. The first-order chi connectivity index (χ1) is 14.5. The molecule has 1 saturated heterocycles. The predicted molar refractivity (Wildman–Crippen MR) is 120 cm³/mol. The first-order valence-electron chi connectivity index (χ1n) is 11.3. The number of carbonyl (C=O) groups is 3. The molecule has 7 nitrogen and oxygen atoms in total. The van der Waals surface area contributed by atoms with E-state index in [-0.39, 0.29) is 36.7 Å². The topological polar surface area (TPSA) is 86.9 Å². The van der Waals surface area contributed by atoms with Gasteiger partial charge in [0.05, 0.1) is 6.54 Å². The van der Waals surface area contributed by atoms with Gasteiger partial charge in [0.1, 0.15) is 0 Å². The lowest BCUT2D eigenvalue weighted by Crippen LogP contribution is -2.52. The van der Waals surface area contributed by atoms with Crippen molar-refractivity contribution in [1.82, 2.24) is 10.0 Å². The summed E-state index contributed by atoms with van der Waals surface area (Å²) < 4.78 is 0. The van der Waals surface area contributed by atoms with Crippen LogP contribution in [0.25, 0.3) is 0 Å². The number of hydrogen-bond donors (Lipinski definition) is 1. The van der Waals surface area contributed by atoms with Crippen LogP contribution >= 0.6 is 12.4 Å². The molecule has 168 valence electrons. The van der Waals surface area contributed by atoms with Gasteiger partial charge < -0.3 is 10.6 Å². The van der Waals surface area contributed by atoms with Crippen molar-refractivity contribution in [3.63, 3.8) is 0 Å². The van der Waals surface area contributed by atoms with E-state index in [1.807, 2.05) is 12.1 Å². The molecule has 0 spiro atoms. The SMILES string of the molecule is Cl.NC1CCC(N(CC2CC2)c2cccc3c2CN(N2C(=O)CCCC2=O)C3=O)CC1. The van der Waals surface area contributed by atoms with E-state index in [4.69, 9.17) is 5.73 Å². The van der Waals surface area contributed by atoms with Crippen molar-refractivity contribution in [2.75, 3.05) is 11.4 Å². The van der Waals surface area contributed by atoms with Gasteiger partial charge in [-0.15, -0.1) is 12.4 Å². The number of benzene rings is 1. The number of amides is 3. The van der Waals surface area contributed by atoms with E-state index in [9.17, 15) is 14.4 Å². The molecule has 2 saturated carbocycles. The van der Waals surface area contributed by atoms with Gasteiger partial charge in [-0.05, 0) is 63.0 Å². The van der Waals surface area contributed by atoms with Crippen molar-refractivity contribution in [1.29, 1.82) is 0 Å². The number of nitrogens with two attached hydrogens (primary N) is 1. The van der Waals surface area contributed by atoms with Crippen LogP contribution in [-0.4, -0.2) is 46.4 Å². The Balaban J connectivity index is 0.00000231. The maximum atomic E-state index is 13.2. The van der Waals surface area contributed by atoms with Gasteiger partial charge in [-0.1, -0.05) is 6.07 Å². The van der Waals surface area contributed by atoms with Crippen LogP contribution in [0.15, 0.2) is 18.2 Å². The van der Waals surface area contributed by atoms with Crippen molar-refractivity contribution in [2.45, 2.75) is 76.4 Å². The average molecular weight is 447 g/mol. The molecule has 0 bridgehead atoms. The van der Waals surface area contributed by atoms with Crippen LogP contribution in [0.3, 0.4) is 0 Å². The molecule has 0 unspecified atom stereocenters. The summed E-state index contributed by atoms with van der Waals surface area (Å²) in [5.74, 6) is -0.0717. The van der Waals surface area contributed by atoms with Gasteiger partial charge in [-0.3, -0.25) is 14.4 Å². The first-order valence-corrected chi connectivity index (χ1v) is 11.3. The molecule has 8 heteroatoms. The fourth-order valence-electron chi connectivity index (χ4n) is 5.18. The number of hydrazine groups is 1. The summed E-state index contributed by atoms with van der Waals surface area (Å²) >= 11 is 0.